The number of aliphatic hydroxyl groups is 1. The molecule has 1 fully saturated rings. The van der Waals surface area contributed by atoms with E-state index in [1.54, 1.807) is 36.4 Å². The van der Waals surface area contributed by atoms with Gasteiger partial charge < -0.3 is 19.6 Å². The molecule has 2 N–H and O–H groups in total. The van der Waals surface area contributed by atoms with Crippen molar-refractivity contribution in [2.75, 3.05) is 17.3 Å². The number of methoxy groups -OCH3 is 1. The number of ketones is 1. The summed E-state index contributed by atoms with van der Waals surface area (Å²) in [5, 5.41) is 13.7. The predicted octanol–water partition coefficient (Wildman–Crippen LogP) is 4.01. The first-order valence-electron chi connectivity index (χ1n) is 9.87. The number of rotatable bonds is 5. The Kier molecular flexibility index (Phi) is 5.70. The number of carbonyl (C=O) groups is 3. The average molecular weight is 450 g/mol. The molecule has 0 spiro atoms. The van der Waals surface area contributed by atoms with Crippen molar-refractivity contribution in [3.05, 3.63) is 83.6 Å². The van der Waals surface area contributed by atoms with Crippen molar-refractivity contribution in [3.63, 3.8) is 0 Å². The summed E-state index contributed by atoms with van der Waals surface area (Å²) in [4.78, 5) is 38.6. The van der Waals surface area contributed by atoms with E-state index in [2.05, 4.69) is 5.32 Å². The second-order valence-corrected chi connectivity index (χ2v) is 7.26. The molecule has 1 aliphatic rings. The number of nitrogens with zero attached hydrogens (tertiary/aromatic N) is 1. The third kappa shape index (κ3) is 3.96. The fourth-order valence-electron chi connectivity index (χ4n) is 3.73. The van der Waals surface area contributed by atoms with Crippen molar-refractivity contribution < 1.29 is 33.0 Å². The summed E-state index contributed by atoms with van der Waals surface area (Å²) < 4.78 is 24.6. The molecule has 8 nitrogen and oxygen atoms in total. The standard InChI is InChI=1S/C24H19FN2O6/c1-13(28)26-15-6-8-16(9-7-15)27-21(19-4-3-11-33-19)20(23(30)24(27)31)22(29)17-12-14(25)5-10-18(17)32-2/h3-12,21,29H,1-2H3,(H,26,28)/b22-20-. The summed E-state index contributed by atoms with van der Waals surface area (Å²) in [6.45, 7) is 1.37. The van der Waals surface area contributed by atoms with Crippen molar-refractivity contribution >= 4 is 34.7 Å². The van der Waals surface area contributed by atoms with E-state index in [9.17, 15) is 23.9 Å². The van der Waals surface area contributed by atoms with Crippen LogP contribution in [0.1, 0.15) is 24.3 Å². The summed E-state index contributed by atoms with van der Waals surface area (Å²) in [6, 6.07) is 11.8. The maximum atomic E-state index is 13.9. The Labute approximate surface area is 187 Å². The predicted molar refractivity (Wildman–Crippen MR) is 117 cm³/mol. The van der Waals surface area contributed by atoms with Crippen LogP contribution in [-0.4, -0.2) is 29.8 Å². The molecule has 0 saturated carbocycles. The van der Waals surface area contributed by atoms with Gasteiger partial charge >= 0.3 is 0 Å². The van der Waals surface area contributed by atoms with Gasteiger partial charge in [0.05, 0.1) is 24.5 Å². The zero-order chi connectivity index (χ0) is 23.7. The molecule has 4 rings (SSSR count). The molecule has 168 valence electrons. The number of carbonyl (C=O) groups excluding carboxylic acids is 3. The number of nitrogens with one attached hydrogen (secondary N) is 1. The van der Waals surface area contributed by atoms with Crippen molar-refractivity contribution in [1.29, 1.82) is 0 Å². The molecule has 2 aromatic carbocycles. The van der Waals surface area contributed by atoms with Crippen LogP contribution in [0.15, 0.2) is 70.9 Å². The molecule has 2 heterocycles. The van der Waals surface area contributed by atoms with Gasteiger partial charge in [0.1, 0.15) is 29.1 Å². The van der Waals surface area contributed by atoms with Crippen LogP contribution in [0.3, 0.4) is 0 Å². The molecule has 1 unspecified atom stereocenters. The van der Waals surface area contributed by atoms with Gasteiger partial charge in [-0.2, -0.15) is 0 Å². The van der Waals surface area contributed by atoms with Crippen LogP contribution in [-0.2, 0) is 14.4 Å². The Morgan fingerprint density at radius 2 is 1.88 bits per heavy atom. The number of hydrogen-bond donors (Lipinski definition) is 2. The minimum Gasteiger partial charge on any atom is -0.507 e. The molecule has 1 saturated heterocycles. The van der Waals surface area contributed by atoms with Crippen molar-refractivity contribution in [2.24, 2.45) is 0 Å². The van der Waals surface area contributed by atoms with Crippen LogP contribution in [0.25, 0.3) is 5.76 Å². The van der Waals surface area contributed by atoms with E-state index < -0.39 is 29.3 Å². The summed E-state index contributed by atoms with van der Waals surface area (Å²) in [5.41, 5.74) is 0.484. The van der Waals surface area contributed by atoms with Gasteiger partial charge in [-0.15, -0.1) is 0 Å². The van der Waals surface area contributed by atoms with Crippen LogP contribution >= 0.6 is 0 Å². The monoisotopic (exact) mass is 450 g/mol. The Hall–Kier alpha value is -4.40. The number of Topliss-reactive ketones (excluding diaryl/α,β-unsaturated/α-hetero) is 1. The lowest BCUT2D eigenvalue weighted by Gasteiger charge is -2.23. The molecule has 2 amide bonds. The molecule has 1 aliphatic heterocycles. The van der Waals surface area contributed by atoms with Gasteiger partial charge in [0.25, 0.3) is 11.7 Å². The maximum Gasteiger partial charge on any atom is 0.300 e. The van der Waals surface area contributed by atoms with Crippen molar-refractivity contribution in [1.82, 2.24) is 0 Å². The Morgan fingerprint density at radius 3 is 2.48 bits per heavy atom. The smallest absolute Gasteiger partial charge is 0.300 e. The van der Waals surface area contributed by atoms with Crippen LogP contribution in [0.4, 0.5) is 15.8 Å². The number of benzene rings is 2. The highest BCUT2D eigenvalue weighted by Gasteiger charge is 2.48. The lowest BCUT2D eigenvalue weighted by Crippen LogP contribution is -2.29. The van der Waals surface area contributed by atoms with E-state index in [1.807, 2.05) is 0 Å². The summed E-state index contributed by atoms with van der Waals surface area (Å²) in [5.74, 6) is -3.04. The quantitative estimate of drug-likeness (QED) is 0.345. The van der Waals surface area contributed by atoms with E-state index in [1.165, 1.54) is 31.3 Å². The third-order valence-electron chi connectivity index (χ3n) is 5.14. The SMILES string of the molecule is COc1ccc(F)cc1/C(O)=C1/C(=O)C(=O)N(c2ccc(NC(C)=O)cc2)C1c1ccco1. The topological polar surface area (TPSA) is 109 Å². The van der Waals surface area contributed by atoms with Gasteiger partial charge in [0.15, 0.2) is 0 Å². The lowest BCUT2D eigenvalue weighted by atomic mass is 9.98. The highest BCUT2D eigenvalue weighted by Crippen LogP contribution is 2.43. The molecular weight excluding hydrogens is 431 g/mol. The highest BCUT2D eigenvalue weighted by molar-refractivity contribution is 6.51. The molecule has 1 aromatic heterocycles. The first kappa shape index (κ1) is 21.8. The highest BCUT2D eigenvalue weighted by atomic mass is 19.1. The number of anilines is 2. The molecule has 3 aromatic rings. The van der Waals surface area contributed by atoms with Gasteiger partial charge in [0, 0.05) is 18.3 Å². The van der Waals surface area contributed by atoms with E-state index in [0.717, 1.165) is 12.1 Å². The number of aliphatic hydroxyl groups excluding tert-OH is 1. The van der Waals surface area contributed by atoms with Crippen LogP contribution < -0.4 is 15.0 Å². The van der Waals surface area contributed by atoms with E-state index in [-0.39, 0.29) is 28.6 Å². The Morgan fingerprint density at radius 1 is 1.15 bits per heavy atom. The minimum atomic E-state index is -1.11. The second-order valence-electron chi connectivity index (χ2n) is 7.26. The fourth-order valence-corrected chi connectivity index (χ4v) is 3.73. The zero-order valence-electron chi connectivity index (χ0n) is 17.7. The van der Waals surface area contributed by atoms with Gasteiger partial charge in [-0.25, -0.2) is 4.39 Å². The van der Waals surface area contributed by atoms with E-state index in [4.69, 9.17) is 9.15 Å². The Balaban J connectivity index is 1.88. The fraction of sp³-hybridized carbons (Fsp3) is 0.125. The van der Waals surface area contributed by atoms with Gasteiger partial charge in [-0.1, -0.05) is 0 Å². The molecule has 0 aliphatic carbocycles. The normalized spacial score (nSPS) is 17.3. The van der Waals surface area contributed by atoms with Crippen LogP contribution in [0.5, 0.6) is 5.75 Å². The summed E-state index contributed by atoms with van der Waals surface area (Å²) in [6.07, 6.45) is 1.37. The number of amides is 2. The summed E-state index contributed by atoms with van der Waals surface area (Å²) in [7, 11) is 1.34. The van der Waals surface area contributed by atoms with Crippen molar-refractivity contribution in [2.45, 2.75) is 13.0 Å². The maximum absolute atomic E-state index is 13.9. The third-order valence-corrected chi connectivity index (χ3v) is 5.14. The van der Waals surface area contributed by atoms with Crippen LogP contribution in [0.2, 0.25) is 0 Å². The summed E-state index contributed by atoms with van der Waals surface area (Å²) >= 11 is 0. The molecular formula is C24H19FN2O6. The average Bonchev–Trinajstić information content (AvgIpc) is 3.41. The Bertz CT molecular complexity index is 1260. The van der Waals surface area contributed by atoms with Gasteiger partial charge in [-0.3, -0.25) is 19.3 Å². The van der Waals surface area contributed by atoms with Crippen molar-refractivity contribution in [3.8, 4) is 5.75 Å². The first-order chi connectivity index (χ1) is 15.8. The van der Waals surface area contributed by atoms with Gasteiger partial charge in [-0.05, 0) is 54.6 Å². The molecule has 0 radical (unpaired) electrons. The molecule has 33 heavy (non-hydrogen) atoms. The molecule has 0 bridgehead atoms. The minimum absolute atomic E-state index is 0.0759. The zero-order valence-corrected chi connectivity index (χ0v) is 17.7. The molecule has 9 heteroatoms. The van der Waals surface area contributed by atoms with E-state index >= 15 is 0 Å². The molecule has 1 atom stereocenters. The number of halogens is 1. The first-order valence-corrected chi connectivity index (χ1v) is 9.87. The number of hydrogen-bond acceptors (Lipinski definition) is 6. The lowest BCUT2D eigenvalue weighted by molar-refractivity contribution is -0.132. The van der Waals surface area contributed by atoms with E-state index in [0.29, 0.717) is 11.4 Å². The largest absolute Gasteiger partial charge is 0.507 e. The number of furan rings is 1. The second kappa shape index (κ2) is 8.62. The van der Waals surface area contributed by atoms with Gasteiger partial charge in [0.2, 0.25) is 5.91 Å². The number of ether oxygens (including phenoxy) is 1. The van der Waals surface area contributed by atoms with Crippen LogP contribution in [0, 0.1) is 5.82 Å².